The maximum atomic E-state index is 12.5. The van der Waals surface area contributed by atoms with Crippen molar-refractivity contribution < 1.29 is 23.8 Å². The number of ether oxygens (including phenoxy) is 3. The molecule has 2 aliphatic rings. The smallest absolute Gasteiger partial charge is 0.338 e. The second kappa shape index (κ2) is 7.12. The molecule has 0 saturated heterocycles. The van der Waals surface area contributed by atoms with E-state index in [1.54, 1.807) is 25.1 Å². The number of hydrogen-bond donors (Lipinski definition) is 2. The Bertz CT molecular complexity index is 704. The molecule has 8 heteroatoms. The molecule has 3 rings (SSSR count). The fourth-order valence-electron chi connectivity index (χ4n) is 2.60. The third-order valence-corrected chi connectivity index (χ3v) is 4.29. The largest absolute Gasteiger partial charge is 0.462 e. The van der Waals surface area contributed by atoms with Crippen LogP contribution in [0.1, 0.15) is 24.9 Å². The molecule has 2 N–H and O–H groups in total. The van der Waals surface area contributed by atoms with Gasteiger partial charge in [-0.25, -0.2) is 9.59 Å². The summed E-state index contributed by atoms with van der Waals surface area (Å²) in [5.41, 5.74) is 1.58. The van der Waals surface area contributed by atoms with Gasteiger partial charge in [0.05, 0.1) is 18.2 Å². The number of hydrogen-bond acceptors (Lipinski definition) is 5. The van der Waals surface area contributed by atoms with Crippen LogP contribution in [0.5, 0.6) is 11.5 Å². The number of alkyl halides is 1. The fourth-order valence-corrected chi connectivity index (χ4v) is 2.83. The number of benzene rings is 1. The molecule has 0 bridgehead atoms. The van der Waals surface area contributed by atoms with E-state index < -0.39 is 12.0 Å². The van der Waals surface area contributed by atoms with Gasteiger partial charge < -0.3 is 24.8 Å². The minimum atomic E-state index is -0.607. The molecule has 7 nitrogen and oxygen atoms in total. The van der Waals surface area contributed by atoms with Crippen molar-refractivity contribution in [1.29, 1.82) is 0 Å². The molecule has 0 aromatic heterocycles. The maximum Gasteiger partial charge on any atom is 0.338 e. The average molecular weight is 397 g/mol. The van der Waals surface area contributed by atoms with Crippen LogP contribution in [0.3, 0.4) is 0 Å². The molecule has 0 saturated carbocycles. The Kier molecular flexibility index (Phi) is 4.94. The molecular weight excluding hydrogens is 380 g/mol. The molecule has 24 heavy (non-hydrogen) atoms. The van der Waals surface area contributed by atoms with Gasteiger partial charge in [-0.2, -0.15) is 0 Å². The number of fused-ring (bicyclic) bond motifs is 1. The second-order valence-corrected chi connectivity index (χ2v) is 6.15. The van der Waals surface area contributed by atoms with Crippen LogP contribution in [-0.2, 0) is 9.53 Å². The first-order valence-electron chi connectivity index (χ1n) is 7.51. The van der Waals surface area contributed by atoms with E-state index in [1.807, 2.05) is 0 Å². The van der Waals surface area contributed by atoms with E-state index in [1.165, 1.54) is 0 Å². The quantitative estimate of drug-likeness (QED) is 0.453. The number of allylic oxidation sites excluding steroid dienone is 1. The predicted octanol–water partition coefficient (Wildman–Crippen LogP) is 2.37. The molecule has 0 spiro atoms. The van der Waals surface area contributed by atoms with Gasteiger partial charge in [-0.15, -0.1) is 0 Å². The highest BCUT2D eigenvalue weighted by Gasteiger charge is 2.33. The summed E-state index contributed by atoms with van der Waals surface area (Å²) in [7, 11) is 0. The molecule has 1 atom stereocenters. The molecule has 0 fully saturated rings. The van der Waals surface area contributed by atoms with Crippen molar-refractivity contribution in [3.05, 3.63) is 35.0 Å². The first-order valence-corrected chi connectivity index (χ1v) is 8.63. The van der Waals surface area contributed by atoms with E-state index in [4.69, 9.17) is 14.2 Å². The lowest BCUT2D eigenvalue weighted by Crippen LogP contribution is -2.45. The number of amides is 2. The summed E-state index contributed by atoms with van der Waals surface area (Å²) >= 11 is 3.29. The van der Waals surface area contributed by atoms with E-state index >= 15 is 0 Å². The van der Waals surface area contributed by atoms with Crippen molar-refractivity contribution in [3.63, 3.8) is 0 Å². The van der Waals surface area contributed by atoms with Gasteiger partial charge in [-0.3, -0.25) is 0 Å². The lowest BCUT2D eigenvalue weighted by Gasteiger charge is -2.28. The number of carbonyl (C=O) groups excluding carboxylic acids is 2. The standard InChI is InChI=1S/C16H17BrN2O5/c1-9-13(15(20)22-6-2-5-17)14(19-16(21)18-9)10-3-4-11-12(7-10)24-8-23-11/h3-4,7,14H,2,5-6,8H2,1H3,(H2,18,19,21)/t14-/m1/s1. The van der Waals surface area contributed by atoms with Crippen molar-refractivity contribution >= 4 is 27.9 Å². The maximum absolute atomic E-state index is 12.5. The SMILES string of the molecule is CC1=C(C(=O)OCCCBr)[C@@H](c2ccc3c(c2)OCO3)NC(=O)N1. The van der Waals surface area contributed by atoms with Gasteiger partial charge in [0.25, 0.3) is 0 Å². The van der Waals surface area contributed by atoms with Gasteiger partial charge in [0, 0.05) is 11.0 Å². The first kappa shape index (κ1) is 16.6. The van der Waals surface area contributed by atoms with Crippen LogP contribution >= 0.6 is 15.9 Å². The van der Waals surface area contributed by atoms with Crippen LogP contribution in [-0.4, -0.2) is 30.7 Å². The van der Waals surface area contributed by atoms with Crippen LogP contribution in [0.4, 0.5) is 4.79 Å². The zero-order valence-electron chi connectivity index (χ0n) is 13.1. The normalized spacial score (nSPS) is 18.9. The number of nitrogens with one attached hydrogen (secondary N) is 2. The summed E-state index contributed by atoms with van der Waals surface area (Å²) in [6.07, 6.45) is 0.715. The Morgan fingerprint density at radius 1 is 1.38 bits per heavy atom. The number of rotatable bonds is 5. The van der Waals surface area contributed by atoms with E-state index in [0.29, 0.717) is 35.8 Å². The van der Waals surface area contributed by atoms with Crippen LogP contribution in [0, 0.1) is 0 Å². The molecule has 0 aliphatic carbocycles. The van der Waals surface area contributed by atoms with E-state index in [0.717, 1.165) is 10.9 Å². The lowest BCUT2D eigenvalue weighted by molar-refractivity contribution is -0.139. The molecule has 128 valence electrons. The number of urea groups is 1. The summed E-state index contributed by atoms with van der Waals surface area (Å²) < 4.78 is 16.0. The minimum absolute atomic E-state index is 0.160. The van der Waals surface area contributed by atoms with Gasteiger partial charge in [0.1, 0.15) is 0 Å². The summed E-state index contributed by atoms with van der Waals surface area (Å²) in [4.78, 5) is 24.3. The minimum Gasteiger partial charge on any atom is -0.462 e. The Balaban J connectivity index is 1.89. The number of halogens is 1. The van der Waals surface area contributed by atoms with E-state index in [-0.39, 0.29) is 12.8 Å². The highest BCUT2D eigenvalue weighted by molar-refractivity contribution is 9.09. The number of esters is 1. The monoisotopic (exact) mass is 396 g/mol. The summed E-state index contributed by atoms with van der Waals surface area (Å²) in [5, 5.41) is 6.13. The number of carbonyl (C=O) groups is 2. The van der Waals surface area contributed by atoms with Crippen LogP contribution in [0.15, 0.2) is 29.5 Å². The summed E-state index contributed by atoms with van der Waals surface area (Å²) in [6, 6.07) is 4.34. The summed E-state index contributed by atoms with van der Waals surface area (Å²) in [6.45, 7) is 2.15. The summed E-state index contributed by atoms with van der Waals surface area (Å²) in [5.74, 6) is 0.773. The molecule has 2 heterocycles. The van der Waals surface area contributed by atoms with Crippen LogP contribution in [0.2, 0.25) is 0 Å². The second-order valence-electron chi connectivity index (χ2n) is 5.36. The van der Waals surface area contributed by atoms with Crippen molar-refractivity contribution in [1.82, 2.24) is 10.6 Å². The highest BCUT2D eigenvalue weighted by atomic mass is 79.9. The lowest BCUT2D eigenvalue weighted by atomic mass is 9.95. The Morgan fingerprint density at radius 3 is 2.96 bits per heavy atom. The van der Waals surface area contributed by atoms with E-state index in [9.17, 15) is 9.59 Å². The highest BCUT2D eigenvalue weighted by Crippen LogP contribution is 2.37. The Morgan fingerprint density at radius 2 is 2.17 bits per heavy atom. The average Bonchev–Trinajstić information content (AvgIpc) is 3.01. The van der Waals surface area contributed by atoms with Gasteiger partial charge in [-0.1, -0.05) is 22.0 Å². The molecule has 2 amide bonds. The molecule has 0 unspecified atom stereocenters. The molecule has 2 aliphatic heterocycles. The van der Waals surface area contributed by atoms with Crippen LogP contribution in [0.25, 0.3) is 0 Å². The molecule has 0 radical (unpaired) electrons. The Labute approximate surface area is 147 Å². The first-order chi connectivity index (χ1) is 11.6. The third-order valence-electron chi connectivity index (χ3n) is 3.73. The molecule has 1 aromatic rings. The molecule has 1 aromatic carbocycles. The topological polar surface area (TPSA) is 85.9 Å². The van der Waals surface area contributed by atoms with Crippen molar-refractivity contribution in [2.75, 3.05) is 18.7 Å². The fraction of sp³-hybridized carbons (Fsp3) is 0.375. The van der Waals surface area contributed by atoms with Gasteiger partial charge in [-0.05, 0) is 31.0 Å². The third kappa shape index (κ3) is 3.33. The predicted molar refractivity (Wildman–Crippen MR) is 89.0 cm³/mol. The Hall–Kier alpha value is -2.22. The van der Waals surface area contributed by atoms with Gasteiger partial charge in [0.15, 0.2) is 11.5 Å². The zero-order valence-corrected chi connectivity index (χ0v) is 14.6. The van der Waals surface area contributed by atoms with Crippen molar-refractivity contribution in [3.8, 4) is 11.5 Å². The van der Waals surface area contributed by atoms with Crippen molar-refractivity contribution in [2.45, 2.75) is 19.4 Å². The zero-order chi connectivity index (χ0) is 17.1. The molecular formula is C16H17BrN2O5. The van der Waals surface area contributed by atoms with Crippen LogP contribution < -0.4 is 20.1 Å². The van der Waals surface area contributed by atoms with Gasteiger partial charge >= 0.3 is 12.0 Å². The van der Waals surface area contributed by atoms with Crippen molar-refractivity contribution in [2.24, 2.45) is 0 Å². The van der Waals surface area contributed by atoms with E-state index in [2.05, 4.69) is 26.6 Å². The van der Waals surface area contributed by atoms with Gasteiger partial charge in [0.2, 0.25) is 6.79 Å².